The first-order valence-electron chi connectivity index (χ1n) is 6.83. The van der Waals surface area contributed by atoms with Crippen LogP contribution in [0.15, 0.2) is 38.8 Å². The van der Waals surface area contributed by atoms with Crippen LogP contribution < -0.4 is 15.4 Å². The number of hydrogen-bond donors (Lipinski definition) is 0. The second-order valence-electron chi connectivity index (χ2n) is 4.79. The SMILES string of the molecule is CCn1c2c(c(=O)n(CC)c1=O)OS(=O)(=O)c1ccccc1-2. The van der Waals surface area contributed by atoms with Crippen LogP contribution in [0.1, 0.15) is 13.8 Å². The number of hydrogen-bond acceptors (Lipinski definition) is 5. The summed E-state index contributed by atoms with van der Waals surface area (Å²) in [5, 5.41) is 0. The molecule has 1 aromatic heterocycles. The fourth-order valence-electron chi connectivity index (χ4n) is 2.62. The minimum absolute atomic E-state index is 0.0438. The molecule has 0 bridgehead atoms. The Bertz CT molecular complexity index is 985. The Balaban J connectivity index is 2.56. The Morgan fingerprint density at radius 3 is 2.32 bits per heavy atom. The lowest BCUT2D eigenvalue weighted by atomic mass is 10.1. The highest BCUT2D eigenvalue weighted by atomic mass is 32.2. The minimum Gasteiger partial charge on any atom is -0.371 e. The van der Waals surface area contributed by atoms with Crippen molar-refractivity contribution in [3.63, 3.8) is 0 Å². The Kier molecular flexibility index (Phi) is 3.21. The summed E-state index contributed by atoms with van der Waals surface area (Å²) in [5.74, 6) is -0.318. The van der Waals surface area contributed by atoms with Gasteiger partial charge < -0.3 is 4.18 Å². The molecule has 0 N–H and O–H groups in total. The van der Waals surface area contributed by atoms with Crippen molar-refractivity contribution >= 4 is 10.1 Å². The second kappa shape index (κ2) is 4.84. The van der Waals surface area contributed by atoms with Gasteiger partial charge in [0.2, 0.25) is 5.75 Å². The summed E-state index contributed by atoms with van der Waals surface area (Å²) in [4.78, 5) is 24.8. The topological polar surface area (TPSA) is 87.4 Å². The van der Waals surface area contributed by atoms with E-state index in [9.17, 15) is 18.0 Å². The molecule has 0 radical (unpaired) electrons. The molecule has 0 aliphatic carbocycles. The van der Waals surface area contributed by atoms with Gasteiger partial charge in [0.05, 0.1) is 0 Å². The zero-order chi connectivity index (χ0) is 16.1. The summed E-state index contributed by atoms with van der Waals surface area (Å²) in [6.07, 6.45) is 0. The molecule has 0 saturated heterocycles. The van der Waals surface area contributed by atoms with Gasteiger partial charge in [0.25, 0.3) is 0 Å². The molecule has 0 amide bonds. The zero-order valence-electron chi connectivity index (χ0n) is 12.1. The van der Waals surface area contributed by atoms with E-state index in [1.54, 1.807) is 32.0 Å². The normalized spacial score (nSPS) is 14.8. The fourth-order valence-corrected chi connectivity index (χ4v) is 3.76. The van der Waals surface area contributed by atoms with Crippen LogP contribution in [0.25, 0.3) is 11.3 Å². The predicted molar refractivity (Wildman–Crippen MR) is 79.6 cm³/mol. The van der Waals surface area contributed by atoms with Gasteiger partial charge >= 0.3 is 21.4 Å². The van der Waals surface area contributed by atoms with Gasteiger partial charge in [0.15, 0.2) is 0 Å². The first-order valence-corrected chi connectivity index (χ1v) is 8.24. The van der Waals surface area contributed by atoms with Crippen molar-refractivity contribution in [2.24, 2.45) is 0 Å². The van der Waals surface area contributed by atoms with Crippen LogP contribution in [0.5, 0.6) is 5.75 Å². The lowest BCUT2D eigenvalue weighted by molar-refractivity contribution is 0.460. The van der Waals surface area contributed by atoms with Crippen molar-refractivity contribution in [2.75, 3.05) is 0 Å². The lowest BCUT2D eigenvalue weighted by Gasteiger charge is -2.23. The molecular formula is C14H14N2O5S. The summed E-state index contributed by atoms with van der Waals surface area (Å²) in [5.41, 5.74) is -0.688. The van der Waals surface area contributed by atoms with E-state index >= 15 is 0 Å². The second-order valence-corrected chi connectivity index (χ2v) is 6.30. The lowest BCUT2D eigenvalue weighted by Crippen LogP contribution is -2.42. The summed E-state index contributed by atoms with van der Waals surface area (Å²) in [7, 11) is -4.07. The number of fused-ring (bicyclic) bond motifs is 3. The molecule has 0 atom stereocenters. The molecule has 0 fully saturated rings. The number of nitrogens with zero attached hydrogens (tertiary/aromatic N) is 2. The summed E-state index contributed by atoms with van der Waals surface area (Å²) >= 11 is 0. The van der Waals surface area contributed by atoms with Crippen LogP contribution in [-0.4, -0.2) is 17.6 Å². The Morgan fingerprint density at radius 1 is 1.05 bits per heavy atom. The Hall–Kier alpha value is -2.35. The van der Waals surface area contributed by atoms with Gasteiger partial charge in [-0.15, -0.1) is 0 Å². The fraction of sp³-hybridized carbons (Fsp3) is 0.286. The Morgan fingerprint density at radius 2 is 1.68 bits per heavy atom. The molecule has 0 saturated carbocycles. The highest BCUT2D eigenvalue weighted by Gasteiger charge is 2.34. The van der Waals surface area contributed by atoms with Crippen LogP contribution in [0.2, 0.25) is 0 Å². The molecule has 0 unspecified atom stereocenters. The van der Waals surface area contributed by atoms with Gasteiger partial charge in [0.1, 0.15) is 10.6 Å². The molecule has 7 nitrogen and oxygen atoms in total. The smallest absolute Gasteiger partial charge is 0.340 e. The molecule has 22 heavy (non-hydrogen) atoms. The molecule has 1 aromatic carbocycles. The number of benzene rings is 1. The summed E-state index contributed by atoms with van der Waals surface area (Å²) in [6, 6.07) is 6.17. The van der Waals surface area contributed by atoms with Gasteiger partial charge in [-0.2, -0.15) is 8.42 Å². The monoisotopic (exact) mass is 322 g/mol. The van der Waals surface area contributed by atoms with Gasteiger partial charge in [-0.1, -0.05) is 18.2 Å². The van der Waals surface area contributed by atoms with Crippen LogP contribution in [0.4, 0.5) is 0 Å². The van der Waals surface area contributed by atoms with Crippen molar-refractivity contribution in [2.45, 2.75) is 31.8 Å². The molecule has 1 aliphatic rings. The average molecular weight is 322 g/mol. The average Bonchev–Trinajstić information content (AvgIpc) is 2.49. The predicted octanol–water partition coefficient (Wildman–Crippen LogP) is 0.798. The molecule has 2 heterocycles. The van der Waals surface area contributed by atoms with Crippen LogP contribution in [-0.2, 0) is 23.2 Å². The van der Waals surface area contributed by atoms with Crippen molar-refractivity contribution in [1.82, 2.24) is 9.13 Å². The van der Waals surface area contributed by atoms with E-state index in [1.165, 1.54) is 10.6 Å². The summed E-state index contributed by atoms with van der Waals surface area (Å²) in [6.45, 7) is 3.81. The van der Waals surface area contributed by atoms with E-state index in [4.69, 9.17) is 4.18 Å². The maximum atomic E-state index is 12.4. The third-order valence-corrected chi connectivity index (χ3v) is 4.90. The van der Waals surface area contributed by atoms with Crippen molar-refractivity contribution < 1.29 is 12.6 Å². The zero-order valence-corrected chi connectivity index (χ0v) is 12.9. The van der Waals surface area contributed by atoms with Crippen molar-refractivity contribution in [1.29, 1.82) is 0 Å². The van der Waals surface area contributed by atoms with E-state index < -0.39 is 21.4 Å². The van der Waals surface area contributed by atoms with E-state index in [-0.39, 0.29) is 22.9 Å². The van der Waals surface area contributed by atoms with Gasteiger partial charge in [-0.05, 0) is 19.9 Å². The first kappa shape index (κ1) is 14.6. The molecular weight excluding hydrogens is 308 g/mol. The molecule has 3 rings (SSSR count). The van der Waals surface area contributed by atoms with Gasteiger partial charge in [-0.3, -0.25) is 13.9 Å². The number of rotatable bonds is 2. The van der Waals surface area contributed by atoms with Gasteiger partial charge in [0, 0.05) is 18.7 Å². The maximum absolute atomic E-state index is 12.4. The van der Waals surface area contributed by atoms with E-state index in [0.717, 1.165) is 4.57 Å². The minimum atomic E-state index is -4.07. The summed E-state index contributed by atoms with van der Waals surface area (Å²) < 4.78 is 31.7. The first-order chi connectivity index (χ1) is 10.4. The molecule has 116 valence electrons. The van der Waals surface area contributed by atoms with Crippen LogP contribution in [0.3, 0.4) is 0 Å². The van der Waals surface area contributed by atoms with Gasteiger partial charge in [-0.25, -0.2) is 4.79 Å². The van der Waals surface area contributed by atoms with E-state index in [0.29, 0.717) is 12.1 Å². The third-order valence-electron chi connectivity index (χ3n) is 3.62. The largest absolute Gasteiger partial charge is 0.371 e. The molecule has 8 heteroatoms. The molecule has 2 aromatic rings. The number of aromatic nitrogens is 2. The Labute approximate surface area is 126 Å². The van der Waals surface area contributed by atoms with Crippen LogP contribution in [0, 0.1) is 0 Å². The third kappa shape index (κ3) is 1.83. The highest BCUT2D eigenvalue weighted by molar-refractivity contribution is 7.87. The van der Waals surface area contributed by atoms with Crippen LogP contribution >= 0.6 is 0 Å². The van der Waals surface area contributed by atoms with Crippen molar-refractivity contribution in [3.05, 3.63) is 45.1 Å². The molecule has 0 spiro atoms. The maximum Gasteiger partial charge on any atom is 0.340 e. The quantitative estimate of drug-likeness (QED) is 0.763. The standard InChI is InChI=1S/C14H14N2O5S/c1-3-15-11-9-7-5-6-8-10(9)22(19,20)21-12(11)13(17)16(4-2)14(15)18/h5-8H,3-4H2,1-2H3. The van der Waals surface area contributed by atoms with E-state index in [2.05, 4.69) is 0 Å². The molecule has 1 aliphatic heterocycles. The van der Waals surface area contributed by atoms with E-state index in [1.807, 2.05) is 0 Å². The highest BCUT2D eigenvalue weighted by Crippen LogP contribution is 2.37. The van der Waals surface area contributed by atoms with Crippen molar-refractivity contribution in [3.8, 4) is 17.0 Å².